The molecule has 0 fully saturated rings. The minimum atomic E-state index is -4.49. The van der Waals surface area contributed by atoms with Gasteiger partial charge in [-0.1, -0.05) is 17.7 Å². The van der Waals surface area contributed by atoms with Gasteiger partial charge in [-0.15, -0.1) is 0 Å². The van der Waals surface area contributed by atoms with Crippen LogP contribution < -0.4 is 0 Å². The number of halogens is 5. The molecule has 0 N–H and O–H groups in total. The topological polar surface area (TPSA) is 0 Å². The van der Waals surface area contributed by atoms with Crippen LogP contribution >= 0.6 is 23.4 Å². The van der Waals surface area contributed by atoms with Crippen LogP contribution in [0.2, 0.25) is 5.02 Å². The minimum absolute atomic E-state index is 0.311. The molecule has 0 bridgehead atoms. The van der Waals surface area contributed by atoms with Crippen LogP contribution in [-0.4, -0.2) is 5.51 Å². The van der Waals surface area contributed by atoms with Crippen molar-refractivity contribution in [2.24, 2.45) is 0 Å². The molecule has 0 saturated heterocycles. The van der Waals surface area contributed by atoms with Gasteiger partial charge in [0.2, 0.25) is 0 Å². The van der Waals surface area contributed by atoms with Crippen molar-refractivity contribution in [1.29, 1.82) is 0 Å². The highest BCUT2D eigenvalue weighted by molar-refractivity contribution is 8.00. The van der Waals surface area contributed by atoms with Crippen LogP contribution in [0.3, 0.4) is 0 Å². The van der Waals surface area contributed by atoms with Gasteiger partial charge in [-0.05, 0) is 23.9 Å². The van der Waals surface area contributed by atoms with Crippen LogP contribution in [0.15, 0.2) is 23.1 Å². The summed E-state index contributed by atoms with van der Waals surface area (Å²) in [6.07, 6.45) is 0. The van der Waals surface area contributed by atoms with Gasteiger partial charge in [0.05, 0.1) is 9.92 Å². The van der Waals surface area contributed by atoms with Gasteiger partial charge in [0, 0.05) is 0 Å². The Labute approximate surface area is 80.9 Å². The molecule has 0 aliphatic carbocycles. The zero-order chi connectivity index (χ0) is 10.1. The van der Waals surface area contributed by atoms with Gasteiger partial charge in [0.25, 0.3) is 0 Å². The van der Waals surface area contributed by atoms with Gasteiger partial charge in [-0.3, -0.25) is 0 Å². The lowest BCUT2D eigenvalue weighted by Gasteiger charge is -2.06. The summed E-state index contributed by atoms with van der Waals surface area (Å²) in [7, 11) is 0. The summed E-state index contributed by atoms with van der Waals surface area (Å²) in [6, 6.07) is 3.48. The summed E-state index contributed by atoms with van der Waals surface area (Å²) >= 11 is 4.77. The van der Waals surface area contributed by atoms with E-state index in [1.165, 1.54) is 12.1 Å². The number of hydrogen-bond donors (Lipinski definition) is 0. The van der Waals surface area contributed by atoms with Crippen molar-refractivity contribution < 1.29 is 17.6 Å². The lowest BCUT2D eigenvalue weighted by Crippen LogP contribution is -2.00. The van der Waals surface area contributed by atoms with Gasteiger partial charge in [0.15, 0.2) is 5.82 Å². The van der Waals surface area contributed by atoms with Crippen LogP contribution in [-0.2, 0) is 0 Å². The molecule has 0 aliphatic heterocycles. The Morgan fingerprint density at radius 3 is 2.38 bits per heavy atom. The summed E-state index contributed by atoms with van der Waals surface area (Å²) in [5.41, 5.74) is -4.49. The highest BCUT2D eigenvalue weighted by atomic mass is 35.5. The van der Waals surface area contributed by atoms with Gasteiger partial charge >= 0.3 is 5.51 Å². The SMILES string of the molecule is Fc1c(Cl)cccc1SC(F)(F)F. The number of benzene rings is 1. The van der Waals surface area contributed by atoms with Gasteiger partial charge in [-0.2, -0.15) is 13.2 Å². The fourth-order valence-electron chi connectivity index (χ4n) is 0.688. The second kappa shape index (κ2) is 3.75. The van der Waals surface area contributed by atoms with Crippen LogP contribution in [0.25, 0.3) is 0 Å². The maximum Gasteiger partial charge on any atom is 0.446 e. The zero-order valence-corrected chi connectivity index (χ0v) is 7.60. The highest BCUT2D eigenvalue weighted by Crippen LogP contribution is 2.39. The quantitative estimate of drug-likeness (QED) is 0.517. The molecule has 0 amide bonds. The lowest BCUT2D eigenvalue weighted by molar-refractivity contribution is -0.0329. The normalized spacial score (nSPS) is 11.8. The third kappa shape index (κ3) is 3.08. The Kier molecular flexibility index (Phi) is 3.08. The van der Waals surface area contributed by atoms with Crippen molar-refractivity contribution in [3.05, 3.63) is 29.0 Å². The molecule has 6 heteroatoms. The Bertz CT molecular complexity index is 310. The molecule has 0 atom stereocenters. The third-order valence-electron chi connectivity index (χ3n) is 1.14. The molecular weight excluding hydrogens is 228 g/mol. The van der Waals surface area contributed by atoms with Crippen molar-refractivity contribution in [2.45, 2.75) is 10.4 Å². The Morgan fingerprint density at radius 1 is 1.23 bits per heavy atom. The molecule has 1 aromatic rings. The van der Waals surface area contributed by atoms with Gasteiger partial charge in [-0.25, -0.2) is 4.39 Å². The van der Waals surface area contributed by atoms with E-state index in [1.807, 2.05) is 0 Å². The second-order valence-corrected chi connectivity index (χ2v) is 3.61. The molecule has 0 heterocycles. The average molecular weight is 231 g/mol. The largest absolute Gasteiger partial charge is 0.446 e. The Hall–Kier alpha value is -0.420. The number of thioether (sulfide) groups is 1. The predicted molar refractivity (Wildman–Crippen MR) is 43.3 cm³/mol. The Balaban J connectivity index is 2.96. The van der Waals surface area contributed by atoms with E-state index in [2.05, 4.69) is 0 Å². The molecule has 0 unspecified atom stereocenters. The van der Waals surface area contributed by atoms with E-state index in [0.717, 1.165) is 6.07 Å². The van der Waals surface area contributed by atoms with E-state index in [9.17, 15) is 17.6 Å². The number of rotatable bonds is 1. The fourth-order valence-corrected chi connectivity index (χ4v) is 1.51. The molecule has 0 spiro atoms. The smallest absolute Gasteiger partial charge is 0.204 e. The van der Waals surface area contributed by atoms with Crippen molar-refractivity contribution in [3.8, 4) is 0 Å². The van der Waals surface area contributed by atoms with Crippen molar-refractivity contribution in [1.82, 2.24) is 0 Å². The van der Waals surface area contributed by atoms with Crippen molar-refractivity contribution in [3.63, 3.8) is 0 Å². The lowest BCUT2D eigenvalue weighted by atomic mass is 10.3. The zero-order valence-electron chi connectivity index (χ0n) is 6.03. The number of hydrogen-bond acceptors (Lipinski definition) is 1. The summed E-state index contributed by atoms with van der Waals surface area (Å²) in [5, 5.41) is -0.311. The van der Waals surface area contributed by atoms with E-state index in [0.29, 0.717) is 0 Å². The minimum Gasteiger partial charge on any atom is -0.204 e. The predicted octanol–water partition coefficient (Wildman–Crippen LogP) is 4.09. The molecule has 0 nitrogen and oxygen atoms in total. The molecule has 13 heavy (non-hydrogen) atoms. The molecule has 72 valence electrons. The molecule has 1 aromatic carbocycles. The van der Waals surface area contributed by atoms with E-state index in [4.69, 9.17) is 11.6 Å². The highest BCUT2D eigenvalue weighted by Gasteiger charge is 2.30. The van der Waals surface area contributed by atoms with E-state index >= 15 is 0 Å². The van der Waals surface area contributed by atoms with Crippen molar-refractivity contribution >= 4 is 23.4 Å². The maximum absolute atomic E-state index is 12.9. The molecule has 0 aliphatic rings. The molecule has 0 radical (unpaired) electrons. The summed E-state index contributed by atoms with van der Waals surface area (Å²) < 4.78 is 48.3. The number of alkyl halides is 3. The van der Waals surface area contributed by atoms with Crippen LogP contribution in [0.1, 0.15) is 0 Å². The van der Waals surface area contributed by atoms with Gasteiger partial charge in [0.1, 0.15) is 0 Å². The summed E-state index contributed by atoms with van der Waals surface area (Å²) in [6.45, 7) is 0. The summed E-state index contributed by atoms with van der Waals surface area (Å²) in [5.74, 6) is -1.04. The molecule has 0 saturated carbocycles. The third-order valence-corrected chi connectivity index (χ3v) is 2.20. The van der Waals surface area contributed by atoms with Crippen LogP contribution in [0.5, 0.6) is 0 Å². The summed E-state index contributed by atoms with van der Waals surface area (Å²) in [4.78, 5) is -0.514. The second-order valence-electron chi connectivity index (χ2n) is 2.10. The first-order valence-electron chi connectivity index (χ1n) is 3.10. The molecule has 0 aromatic heterocycles. The first-order chi connectivity index (χ1) is 5.90. The monoisotopic (exact) mass is 230 g/mol. The molecular formula is C7H3ClF4S. The first kappa shape index (κ1) is 10.7. The Morgan fingerprint density at radius 2 is 1.85 bits per heavy atom. The van der Waals surface area contributed by atoms with Crippen molar-refractivity contribution in [2.75, 3.05) is 0 Å². The van der Waals surface area contributed by atoms with Crippen LogP contribution in [0, 0.1) is 5.82 Å². The molecule has 1 rings (SSSR count). The standard InChI is InChI=1S/C7H3ClF4S/c8-4-2-1-3-5(6(4)9)13-7(10,11)12/h1-3H. The van der Waals surface area contributed by atoms with Crippen LogP contribution in [0.4, 0.5) is 17.6 Å². The van der Waals surface area contributed by atoms with Gasteiger partial charge < -0.3 is 0 Å². The first-order valence-corrected chi connectivity index (χ1v) is 4.29. The maximum atomic E-state index is 12.9. The van der Waals surface area contributed by atoms with E-state index in [1.54, 1.807) is 0 Å². The van der Waals surface area contributed by atoms with E-state index < -0.39 is 28.0 Å². The fraction of sp³-hybridized carbons (Fsp3) is 0.143. The average Bonchev–Trinajstić information content (AvgIpc) is 1.96. The van der Waals surface area contributed by atoms with E-state index in [-0.39, 0.29) is 5.02 Å².